The molecule has 0 saturated carbocycles. The van der Waals surface area contributed by atoms with E-state index in [1.54, 1.807) is 0 Å². The molecule has 0 aliphatic heterocycles. The fourth-order valence-corrected chi connectivity index (χ4v) is 1.37. The van der Waals surface area contributed by atoms with Gasteiger partial charge in [0.15, 0.2) is 0 Å². The first-order valence-corrected chi connectivity index (χ1v) is 4.78. The topological polar surface area (TPSA) is 44.8 Å². The molecule has 0 amide bonds. The highest BCUT2D eigenvalue weighted by atomic mass is 32.1. The first kappa shape index (κ1) is 10.1. The van der Waals surface area contributed by atoms with E-state index in [4.69, 9.17) is 12.2 Å². The highest BCUT2D eigenvalue weighted by Crippen LogP contribution is 2.04. The molecule has 1 aromatic rings. The number of aromatic amines is 1. The van der Waals surface area contributed by atoms with Crippen molar-refractivity contribution >= 4 is 18.2 Å². The summed E-state index contributed by atoms with van der Waals surface area (Å²) in [4.78, 5) is 13.3. The third-order valence-corrected chi connectivity index (χ3v) is 2.00. The van der Waals surface area contributed by atoms with Crippen LogP contribution in [0.25, 0.3) is 0 Å². The van der Waals surface area contributed by atoms with Crippen LogP contribution < -0.4 is 4.90 Å². The van der Waals surface area contributed by atoms with Gasteiger partial charge in [-0.3, -0.25) is 0 Å². The predicted octanol–water partition coefficient (Wildman–Crippen LogP) is 1.69. The summed E-state index contributed by atoms with van der Waals surface area (Å²) < 4.78 is 0.401. The lowest BCUT2D eigenvalue weighted by Crippen LogP contribution is -2.24. The monoisotopic (exact) mass is 198 g/mol. The van der Waals surface area contributed by atoms with Crippen LogP contribution in [0.3, 0.4) is 0 Å². The van der Waals surface area contributed by atoms with Crippen LogP contribution in [0.4, 0.5) is 5.95 Å². The number of nitrogens with zero attached hydrogens (tertiary/aromatic N) is 3. The van der Waals surface area contributed by atoms with Crippen LogP contribution >= 0.6 is 12.2 Å². The van der Waals surface area contributed by atoms with Crippen molar-refractivity contribution in [1.82, 2.24) is 15.0 Å². The third kappa shape index (κ3) is 2.48. The van der Waals surface area contributed by atoms with Gasteiger partial charge in [0.25, 0.3) is 0 Å². The first-order chi connectivity index (χ1) is 6.17. The molecule has 0 bridgehead atoms. The molecule has 0 unspecified atom stereocenters. The number of hydrogen-bond donors (Lipinski definition) is 1. The second-order valence-electron chi connectivity index (χ2n) is 2.71. The van der Waals surface area contributed by atoms with Gasteiger partial charge in [-0.15, -0.1) is 0 Å². The average molecular weight is 198 g/mol. The van der Waals surface area contributed by atoms with Gasteiger partial charge in [-0.25, -0.2) is 4.98 Å². The van der Waals surface area contributed by atoms with Gasteiger partial charge in [0.05, 0.1) is 0 Å². The van der Waals surface area contributed by atoms with Crippen molar-refractivity contribution < 1.29 is 0 Å². The molecule has 0 saturated heterocycles. The van der Waals surface area contributed by atoms with Crippen LogP contribution in [0, 0.1) is 11.7 Å². The maximum atomic E-state index is 4.93. The van der Waals surface area contributed by atoms with E-state index in [0.717, 1.165) is 24.9 Å². The van der Waals surface area contributed by atoms with E-state index in [-0.39, 0.29) is 0 Å². The van der Waals surface area contributed by atoms with Gasteiger partial charge in [-0.05, 0) is 33.0 Å². The fourth-order valence-electron chi connectivity index (χ4n) is 1.15. The molecular weight excluding hydrogens is 184 g/mol. The first-order valence-electron chi connectivity index (χ1n) is 4.37. The van der Waals surface area contributed by atoms with E-state index in [1.165, 1.54) is 0 Å². The highest BCUT2D eigenvalue weighted by molar-refractivity contribution is 7.71. The average Bonchev–Trinajstić information content (AvgIpc) is 2.04. The second-order valence-corrected chi connectivity index (χ2v) is 3.08. The molecule has 0 fully saturated rings. The van der Waals surface area contributed by atoms with Crippen LogP contribution in [-0.2, 0) is 0 Å². The molecule has 0 radical (unpaired) electrons. The summed E-state index contributed by atoms with van der Waals surface area (Å²) in [5.41, 5.74) is 0. The molecule has 13 heavy (non-hydrogen) atoms. The van der Waals surface area contributed by atoms with E-state index in [0.29, 0.717) is 4.77 Å². The van der Waals surface area contributed by atoms with Crippen molar-refractivity contribution in [3.63, 3.8) is 0 Å². The molecule has 1 heterocycles. The fraction of sp³-hybridized carbons (Fsp3) is 0.625. The third-order valence-electron chi connectivity index (χ3n) is 1.82. The van der Waals surface area contributed by atoms with Crippen LogP contribution in [0.2, 0.25) is 0 Å². The number of aromatic nitrogens is 3. The van der Waals surface area contributed by atoms with E-state index >= 15 is 0 Å². The van der Waals surface area contributed by atoms with E-state index in [2.05, 4.69) is 33.7 Å². The number of anilines is 1. The predicted molar refractivity (Wildman–Crippen MR) is 55.5 cm³/mol. The Morgan fingerprint density at radius 3 is 2.38 bits per heavy atom. The van der Waals surface area contributed by atoms with Crippen molar-refractivity contribution in [3.05, 3.63) is 10.6 Å². The Morgan fingerprint density at radius 2 is 1.92 bits per heavy atom. The summed E-state index contributed by atoms with van der Waals surface area (Å²) in [6.07, 6.45) is 0. The Labute approximate surface area is 83.0 Å². The Bertz CT molecular complexity index is 329. The van der Waals surface area contributed by atoms with Crippen molar-refractivity contribution in [1.29, 1.82) is 0 Å². The minimum absolute atomic E-state index is 0.401. The van der Waals surface area contributed by atoms with Crippen molar-refractivity contribution in [2.45, 2.75) is 20.8 Å². The molecule has 1 aromatic heterocycles. The molecule has 4 nitrogen and oxygen atoms in total. The lowest BCUT2D eigenvalue weighted by atomic mass is 10.5. The molecule has 0 atom stereocenters. The molecular formula is C8H14N4S. The Morgan fingerprint density at radius 1 is 1.31 bits per heavy atom. The SMILES string of the molecule is CCN(CC)c1nc(=S)nc(C)[nH]1. The second kappa shape index (κ2) is 4.32. The molecule has 5 heteroatoms. The summed E-state index contributed by atoms with van der Waals surface area (Å²) in [7, 11) is 0. The zero-order valence-electron chi connectivity index (χ0n) is 8.16. The molecule has 72 valence electrons. The summed E-state index contributed by atoms with van der Waals surface area (Å²) in [6.45, 7) is 7.87. The Balaban J connectivity index is 3.06. The molecule has 1 rings (SSSR count). The number of rotatable bonds is 3. The lowest BCUT2D eigenvalue weighted by Gasteiger charge is -2.18. The molecule has 0 aliphatic carbocycles. The number of aryl methyl sites for hydroxylation is 1. The van der Waals surface area contributed by atoms with E-state index < -0.39 is 0 Å². The van der Waals surface area contributed by atoms with Gasteiger partial charge in [-0.1, -0.05) is 0 Å². The normalized spacial score (nSPS) is 10.1. The number of H-pyrrole nitrogens is 1. The van der Waals surface area contributed by atoms with Crippen molar-refractivity contribution in [2.24, 2.45) is 0 Å². The van der Waals surface area contributed by atoms with Crippen LogP contribution in [-0.4, -0.2) is 28.0 Å². The largest absolute Gasteiger partial charge is 0.343 e. The zero-order chi connectivity index (χ0) is 9.84. The molecule has 1 N–H and O–H groups in total. The zero-order valence-corrected chi connectivity index (χ0v) is 8.98. The smallest absolute Gasteiger partial charge is 0.224 e. The van der Waals surface area contributed by atoms with Crippen LogP contribution in [0.5, 0.6) is 0 Å². The Hall–Kier alpha value is -0.970. The summed E-state index contributed by atoms with van der Waals surface area (Å²) in [6, 6.07) is 0. The minimum Gasteiger partial charge on any atom is -0.343 e. The number of nitrogens with one attached hydrogen (secondary N) is 1. The molecule has 0 spiro atoms. The van der Waals surface area contributed by atoms with Crippen molar-refractivity contribution in [3.8, 4) is 0 Å². The van der Waals surface area contributed by atoms with Crippen LogP contribution in [0.15, 0.2) is 0 Å². The van der Waals surface area contributed by atoms with E-state index in [9.17, 15) is 0 Å². The summed E-state index contributed by atoms with van der Waals surface area (Å²) >= 11 is 4.93. The molecule has 0 aliphatic rings. The van der Waals surface area contributed by atoms with Gasteiger partial charge >= 0.3 is 0 Å². The van der Waals surface area contributed by atoms with Gasteiger partial charge in [-0.2, -0.15) is 4.98 Å². The maximum Gasteiger partial charge on any atom is 0.224 e. The lowest BCUT2D eigenvalue weighted by molar-refractivity contribution is 0.797. The van der Waals surface area contributed by atoms with Crippen molar-refractivity contribution in [2.75, 3.05) is 18.0 Å². The highest BCUT2D eigenvalue weighted by Gasteiger charge is 2.03. The van der Waals surface area contributed by atoms with Gasteiger partial charge in [0.1, 0.15) is 5.82 Å². The summed E-state index contributed by atoms with van der Waals surface area (Å²) in [5.74, 6) is 1.62. The molecule has 0 aromatic carbocycles. The number of hydrogen-bond acceptors (Lipinski definition) is 4. The maximum absolute atomic E-state index is 4.93. The standard InChI is InChI=1S/C8H14N4S/c1-4-12(5-2)7-9-6(3)10-8(13)11-7/h4-5H2,1-3H3,(H,9,10,11,13). The van der Waals surface area contributed by atoms with Gasteiger partial charge in [0.2, 0.25) is 10.7 Å². The van der Waals surface area contributed by atoms with E-state index in [1.807, 2.05) is 6.92 Å². The Kier molecular flexibility index (Phi) is 3.36. The van der Waals surface area contributed by atoms with Gasteiger partial charge < -0.3 is 9.88 Å². The quantitative estimate of drug-likeness (QED) is 0.751. The van der Waals surface area contributed by atoms with Gasteiger partial charge in [0, 0.05) is 13.1 Å². The minimum atomic E-state index is 0.401. The van der Waals surface area contributed by atoms with Crippen LogP contribution in [0.1, 0.15) is 19.7 Å². The summed E-state index contributed by atoms with van der Waals surface area (Å²) in [5, 5.41) is 0.